The van der Waals surface area contributed by atoms with E-state index in [0.29, 0.717) is 23.0 Å². The van der Waals surface area contributed by atoms with E-state index in [-0.39, 0.29) is 11.6 Å². The summed E-state index contributed by atoms with van der Waals surface area (Å²) >= 11 is 4.42. The van der Waals surface area contributed by atoms with Crippen molar-refractivity contribution >= 4 is 45.4 Å². The first kappa shape index (κ1) is 36.5. The summed E-state index contributed by atoms with van der Waals surface area (Å²) in [6.45, 7) is 13.1. The molecule has 2 atom stereocenters. The van der Waals surface area contributed by atoms with Crippen LogP contribution in [0.5, 0.6) is 0 Å². The highest BCUT2D eigenvalue weighted by Gasteiger charge is 2.21. The average Bonchev–Trinajstić information content (AvgIpc) is 3.85. The number of benzene rings is 3. The van der Waals surface area contributed by atoms with Crippen molar-refractivity contribution in [2.24, 2.45) is 11.8 Å². The first-order valence-electron chi connectivity index (χ1n) is 18.2. The Morgan fingerprint density at radius 2 is 1.12 bits per heavy atom. The molecule has 0 aliphatic heterocycles. The molecule has 262 valence electrons. The van der Waals surface area contributed by atoms with Crippen LogP contribution in [-0.2, 0) is 12.8 Å². The Hall–Kier alpha value is -3.26. The average molecular weight is 727 g/mol. The van der Waals surface area contributed by atoms with Crippen LogP contribution in [0.25, 0.3) is 52.8 Å². The van der Waals surface area contributed by atoms with Crippen LogP contribution < -0.4 is 0 Å². The van der Waals surface area contributed by atoms with Crippen molar-refractivity contribution in [1.29, 1.82) is 0 Å². The maximum absolute atomic E-state index is 15.6. The Bertz CT molecular complexity index is 2070. The normalized spacial score (nSPS) is 13.0. The lowest BCUT2D eigenvalue weighted by molar-refractivity contribution is 0.421. The Labute approximate surface area is 309 Å². The summed E-state index contributed by atoms with van der Waals surface area (Å²) in [5.41, 5.74) is 9.30. The van der Waals surface area contributed by atoms with Gasteiger partial charge in [-0.1, -0.05) is 96.2 Å². The van der Waals surface area contributed by atoms with Crippen LogP contribution in [0.2, 0.25) is 0 Å². The van der Waals surface area contributed by atoms with Gasteiger partial charge in [-0.05, 0) is 97.9 Å². The Morgan fingerprint density at radius 3 is 1.58 bits per heavy atom. The quantitative estimate of drug-likeness (QED) is 0.105. The van der Waals surface area contributed by atoms with Crippen molar-refractivity contribution in [3.63, 3.8) is 0 Å². The van der Waals surface area contributed by atoms with E-state index in [0.717, 1.165) is 96.0 Å². The molecule has 3 heterocycles. The number of hydrogen-bond donors (Lipinski definition) is 0. The number of aryl methyl sites for hydroxylation is 4. The molecule has 0 fully saturated rings. The molecule has 0 radical (unpaired) electrons. The van der Waals surface area contributed by atoms with E-state index in [2.05, 4.69) is 77.9 Å². The zero-order chi connectivity index (χ0) is 35.4. The molecule has 2 nitrogen and oxygen atoms in total. The van der Waals surface area contributed by atoms with Gasteiger partial charge in [0.25, 0.3) is 0 Å². The number of halogens is 2. The molecule has 6 aromatic rings. The lowest BCUT2D eigenvalue weighted by Gasteiger charge is -2.14. The third-order valence-corrected chi connectivity index (χ3v) is 13.5. The van der Waals surface area contributed by atoms with Crippen molar-refractivity contribution < 1.29 is 8.78 Å². The van der Waals surface area contributed by atoms with Crippen LogP contribution in [0.15, 0.2) is 60.7 Å². The number of fused-ring (bicyclic) bond motifs is 1. The summed E-state index contributed by atoms with van der Waals surface area (Å²) in [5, 5.41) is 0. The molecule has 3 aromatic carbocycles. The van der Waals surface area contributed by atoms with Gasteiger partial charge in [0.15, 0.2) is 0 Å². The van der Waals surface area contributed by atoms with Crippen LogP contribution in [0, 0.1) is 37.3 Å². The fourth-order valence-electron chi connectivity index (χ4n) is 6.86. The van der Waals surface area contributed by atoms with Crippen molar-refractivity contribution in [3.8, 4) is 41.8 Å². The summed E-state index contributed by atoms with van der Waals surface area (Å²) in [6.07, 6.45) is 10.1. The van der Waals surface area contributed by atoms with E-state index >= 15 is 8.78 Å². The van der Waals surface area contributed by atoms with E-state index in [1.807, 2.05) is 12.1 Å². The molecule has 0 bridgehead atoms. The molecular weight excluding hydrogens is 679 g/mol. The minimum Gasteiger partial charge on any atom is -0.206 e. The van der Waals surface area contributed by atoms with Crippen molar-refractivity contribution in [2.75, 3.05) is 0 Å². The summed E-state index contributed by atoms with van der Waals surface area (Å²) in [6, 6.07) is 19.9. The summed E-state index contributed by atoms with van der Waals surface area (Å²) in [5.74, 6) is 1.02. The smallest absolute Gasteiger partial charge is 0.132 e. The highest BCUT2D eigenvalue weighted by atomic mass is 32.1. The minimum atomic E-state index is -0.169. The van der Waals surface area contributed by atoms with Gasteiger partial charge in [0, 0.05) is 41.8 Å². The zero-order valence-corrected chi connectivity index (χ0v) is 32.6. The van der Waals surface area contributed by atoms with Crippen LogP contribution in [0.1, 0.15) is 94.9 Å². The van der Waals surface area contributed by atoms with Gasteiger partial charge in [0.2, 0.25) is 0 Å². The van der Waals surface area contributed by atoms with E-state index in [1.54, 1.807) is 34.8 Å². The maximum Gasteiger partial charge on any atom is 0.132 e. The van der Waals surface area contributed by atoms with E-state index in [9.17, 15) is 0 Å². The molecule has 0 saturated carbocycles. The Morgan fingerprint density at radius 1 is 0.620 bits per heavy atom. The fraction of sp³-hybridized carbons (Fsp3) is 0.395. The van der Waals surface area contributed by atoms with Crippen LogP contribution >= 0.6 is 34.4 Å². The molecule has 0 aliphatic carbocycles. The molecular formula is C43H48F2N2S3. The van der Waals surface area contributed by atoms with Gasteiger partial charge >= 0.3 is 0 Å². The second-order valence-electron chi connectivity index (χ2n) is 14.0. The van der Waals surface area contributed by atoms with Gasteiger partial charge in [0.1, 0.15) is 22.7 Å². The molecule has 7 heteroatoms. The number of aromatic nitrogens is 2. The van der Waals surface area contributed by atoms with Crippen LogP contribution in [-0.4, -0.2) is 8.75 Å². The van der Waals surface area contributed by atoms with E-state index < -0.39 is 0 Å². The highest BCUT2D eigenvalue weighted by Crippen LogP contribution is 2.46. The third kappa shape index (κ3) is 7.95. The molecule has 0 N–H and O–H groups in total. The molecule has 50 heavy (non-hydrogen) atoms. The largest absolute Gasteiger partial charge is 0.206 e. The summed E-state index contributed by atoms with van der Waals surface area (Å²) in [4.78, 5) is 3.99. The van der Waals surface area contributed by atoms with Crippen molar-refractivity contribution in [1.82, 2.24) is 8.75 Å². The van der Waals surface area contributed by atoms with Gasteiger partial charge in [-0.15, -0.1) is 22.7 Å². The Kier molecular flexibility index (Phi) is 12.0. The topological polar surface area (TPSA) is 25.8 Å². The fourth-order valence-corrected chi connectivity index (χ4v) is 9.88. The lowest BCUT2D eigenvalue weighted by Crippen LogP contribution is -2.01. The third-order valence-electron chi connectivity index (χ3n) is 10.3. The minimum absolute atomic E-state index is 0.158. The summed E-state index contributed by atoms with van der Waals surface area (Å²) in [7, 11) is 0. The van der Waals surface area contributed by atoms with E-state index in [1.165, 1.54) is 37.4 Å². The van der Waals surface area contributed by atoms with Crippen LogP contribution in [0.3, 0.4) is 0 Å². The maximum atomic E-state index is 15.6. The van der Waals surface area contributed by atoms with Crippen LogP contribution in [0.4, 0.5) is 8.78 Å². The first-order chi connectivity index (χ1) is 24.2. The highest BCUT2D eigenvalue weighted by molar-refractivity contribution is 7.19. The van der Waals surface area contributed by atoms with Gasteiger partial charge in [-0.3, -0.25) is 0 Å². The zero-order valence-electron chi connectivity index (χ0n) is 30.2. The molecule has 0 spiro atoms. The van der Waals surface area contributed by atoms with E-state index in [4.69, 9.17) is 8.75 Å². The standard InChI is InChI=1S/C43H48F2N2S3/c1-7-10-11-29(9-3)14-15-31-17-19-33(37(45)25-31)39-23-28(6)43(49-39)35-21-20-34(40-41(35)47-50-46-40)42-27(5)22-38(48-42)32-18-16-30(24-36(32)44)13-12-26(4)8-2/h16-26,29H,7-15H2,1-6H3. The van der Waals surface area contributed by atoms with Crippen molar-refractivity contribution in [2.45, 2.75) is 99.3 Å². The molecule has 2 unspecified atom stereocenters. The monoisotopic (exact) mass is 726 g/mol. The number of unbranched alkanes of at least 4 members (excludes halogenated alkanes) is 1. The number of hydrogen-bond acceptors (Lipinski definition) is 5. The molecule has 0 aliphatic rings. The molecule has 0 saturated heterocycles. The molecule has 3 aromatic heterocycles. The molecule has 0 amide bonds. The predicted molar refractivity (Wildman–Crippen MR) is 214 cm³/mol. The van der Waals surface area contributed by atoms with Crippen molar-refractivity contribution in [3.05, 3.63) is 94.6 Å². The first-order valence-corrected chi connectivity index (χ1v) is 20.6. The molecule has 6 rings (SSSR count). The summed E-state index contributed by atoms with van der Waals surface area (Å²) < 4.78 is 40.5. The van der Waals surface area contributed by atoms with Gasteiger partial charge in [0.05, 0.1) is 11.7 Å². The number of thiophene rings is 2. The number of rotatable bonds is 15. The van der Waals surface area contributed by atoms with Gasteiger partial charge in [-0.2, -0.15) is 8.75 Å². The van der Waals surface area contributed by atoms with Gasteiger partial charge < -0.3 is 0 Å². The Balaban J connectivity index is 1.25. The second kappa shape index (κ2) is 16.4. The number of nitrogens with zero attached hydrogens (tertiary/aromatic N) is 2. The second-order valence-corrected chi connectivity index (χ2v) is 16.6. The SMILES string of the molecule is CCCCC(CC)CCc1ccc(-c2cc(C)c(-c3ccc(-c4sc(-c5ccc(CCC(C)CC)cc5F)cc4C)c4nsnc34)s2)c(F)c1. The lowest BCUT2D eigenvalue weighted by atomic mass is 9.92. The van der Waals surface area contributed by atoms with Gasteiger partial charge in [-0.25, -0.2) is 8.78 Å². The predicted octanol–water partition coefficient (Wildman–Crippen LogP) is 14.5.